The van der Waals surface area contributed by atoms with Crippen LogP contribution in [0.2, 0.25) is 0 Å². The number of nitrogens with zero attached hydrogens (tertiary/aromatic N) is 1. The lowest BCUT2D eigenvalue weighted by atomic mass is 9.99. The molecule has 0 bridgehead atoms. The smallest absolute Gasteiger partial charge is 0.268 e. The van der Waals surface area contributed by atoms with Gasteiger partial charge >= 0.3 is 0 Å². The fraction of sp³-hybridized carbons (Fsp3) is 0.583. The van der Waals surface area contributed by atoms with Crippen molar-refractivity contribution < 1.29 is 14.6 Å². The number of carbonyl (C=O) groups is 1. The SMILES string of the molecule is COCC(C)(CCO)NC(=O)c1cc(Br)cn1C. The van der Waals surface area contributed by atoms with Crippen molar-refractivity contribution in [1.82, 2.24) is 9.88 Å². The van der Waals surface area contributed by atoms with Gasteiger partial charge in [-0.1, -0.05) is 0 Å². The Hall–Kier alpha value is -0.850. The van der Waals surface area contributed by atoms with E-state index in [9.17, 15) is 4.79 Å². The van der Waals surface area contributed by atoms with E-state index in [0.717, 1.165) is 4.47 Å². The Kier molecular flexibility index (Phi) is 5.37. The summed E-state index contributed by atoms with van der Waals surface area (Å²) in [6.45, 7) is 2.20. The van der Waals surface area contributed by atoms with Gasteiger partial charge in [0.15, 0.2) is 0 Å². The van der Waals surface area contributed by atoms with Crippen LogP contribution in [-0.2, 0) is 11.8 Å². The maximum Gasteiger partial charge on any atom is 0.268 e. The van der Waals surface area contributed by atoms with E-state index >= 15 is 0 Å². The number of aryl methyl sites for hydroxylation is 1. The van der Waals surface area contributed by atoms with E-state index in [0.29, 0.717) is 18.7 Å². The van der Waals surface area contributed by atoms with Crippen LogP contribution < -0.4 is 5.32 Å². The number of aromatic nitrogens is 1. The van der Waals surface area contributed by atoms with Crippen LogP contribution in [0.4, 0.5) is 0 Å². The summed E-state index contributed by atoms with van der Waals surface area (Å²) in [4.78, 5) is 12.2. The van der Waals surface area contributed by atoms with Gasteiger partial charge in [-0.25, -0.2) is 0 Å². The van der Waals surface area contributed by atoms with Crippen molar-refractivity contribution in [3.8, 4) is 0 Å². The zero-order valence-corrected chi connectivity index (χ0v) is 12.5. The molecule has 0 aliphatic carbocycles. The van der Waals surface area contributed by atoms with Gasteiger partial charge in [0.2, 0.25) is 0 Å². The van der Waals surface area contributed by atoms with Crippen LogP contribution in [0, 0.1) is 0 Å². The molecule has 1 rings (SSSR count). The molecule has 1 aromatic heterocycles. The largest absolute Gasteiger partial charge is 0.396 e. The summed E-state index contributed by atoms with van der Waals surface area (Å²) in [5.74, 6) is -0.184. The van der Waals surface area contributed by atoms with Crippen LogP contribution in [0.1, 0.15) is 23.8 Å². The van der Waals surface area contributed by atoms with Crippen LogP contribution >= 0.6 is 15.9 Å². The van der Waals surface area contributed by atoms with E-state index in [-0.39, 0.29) is 12.5 Å². The molecule has 5 nitrogen and oxygen atoms in total. The molecular weight excluding hydrogens is 300 g/mol. The Morgan fingerprint density at radius 2 is 2.33 bits per heavy atom. The van der Waals surface area contributed by atoms with Crippen molar-refractivity contribution in [3.05, 3.63) is 22.4 Å². The lowest BCUT2D eigenvalue weighted by molar-refractivity contribution is 0.0719. The fourth-order valence-corrected chi connectivity index (χ4v) is 2.35. The van der Waals surface area contributed by atoms with Crippen LogP contribution in [0.5, 0.6) is 0 Å². The number of carbonyl (C=O) groups excluding carboxylic acids is 1. The highest BCUT2D eigenvalue weighted by atomic mass is 79.9. The normalized spacial score (nSPS) is 14.3. The average Bonchev–Trinajstić information content (AvgIpc) is 2.58. The van der Waals surface area contributed by atoms with Crippen molar-refractivity contribution in [3.63, 3.8) is 0 Å². The highest BCUT2D eigenvalue weighted by Gasteiger charge is 2.27. The van der Waals surface area contributed by atoms with E-state index in [4.69, 9.17) is 9.84 Å². The number of hydrogen-bond donors (Lipinski definition) is 2. The number of amides is 1. The molecular formula is C12H19BrN2O3. The van der Waals surface area contributed by atoms with Gasteiger partial charge in [0.05, 0.1) is 12.1 Å². The zero-order valence-electron chi connectivity index (χ0n) is 10.9. The number of methoxy groups -OCH3 is 1. The summed E-state index contributed by atoms with van der Waals surface area (Å²) in [6.07, 6.45) is 2.26. The third-order valence-electron chi connectivity index (χ3n) is 2.75. The van der Waals surface area contributed by atoms with E-state index < -0.39 is 5.54 Å². The summed E-state index contributed by atoms with van der Waals surface area (Å²) >= 11 is 3.33. The van der Waals surface area contributed by atoms with Crippen LogP contribution in [0.25, 0.3) is 0 Å². The Morgan fingerprint density at radius 3 is 2.78 bits per heavy atom. The molecule has 0 aromatic carbocycles. The molecule has 0 spiro atoms. The second-order valence-electron chi connectivity index (χ2n) is 4.58. The van der Waals surface area contributed by atoms with Gasteiger partial charge in [-0.15, -0.1) is 0 Å². The quantitative estimate of drug-likeness (QED) is 0.831. The number of ether oxygens (including phenoxy) is 1. The lowest BCUT2D eigenvalue weighted by Gasteiger charge is -2.29. The van der Waals surface area contributed by atoms with Gasteiger partial charge in [0.1, 0.15) is 5.69 Å². The number of rotatable bonds is 6. The summed E-state index contributed by atoms with van der Waals surface area (Å²) in [7, 11) is 3.38. The van der Waals surface area contributed by atoms with E-state index in [1.807, 2.05) is 13.1 Å². The molecule has 102 valence electrons. The monoisotopic (exact) mass is 318 g/mol. The minimum Gasteiger partial charge on any atom is -0.396 e. The minimum absolute atomic E-state index is 0.00300. The van der Waals surface area contributed by atoms with Crippen molar-refractivity contribution in [2.24, 2.45) is 7.05 Å². The maximum atomic E-state index is 12.2. The number of aliphatic hydroxyl groups is 1. The Bertz CT molecular complexity index is 411. The first-order valence-corrected chi connectivity index (χ1v) is 6.45. The molecule has 0 saturated carbocycles. The second kappa shape index (κ2) is 6.36. The summed E-state index contributed by atoms with van der Waals surface area (Å²) in [5.41, 5.74) is -0.0146. The van der Waals surface area contributed by atoms with Gasteiger partial charge in [0.25, 0.3) is 5.91 Å². The van der Waals surface area contributed by atoms with Crippen LogP contribution in [-0.4, -0.2) is 41.4 Å². The molecule has 1 atom stereocenters. The number of hydrogen-bond acceptors (Lipinski definition) is 3. The Labute approximate surface area is 115 Å². The van der Waals surface area contributed by atoms with E-state index in [1.165, 1.54) is 0 Å². The molecule has 0 aliphatic rings. The minimum atomic E-state index is -0.572. The highest BCUT2D eigenvalue weighted by Crippen LogP contribution is 2.16. The van der Waals surface area contributed by atoms with Gasteiger partial charge in [-0.2, -0.15) is 0 Å². The number of aliphatic hydroxyl groups excluding tert-OH is 1. The first-order valence-electron chi connectivity index (χ1n) is 5.66. The molecule has 6 heteroatoms. The Balaban J connectivity index is 2.81. The first kappa shape index (κ1) is 15.2. The molecule has 1 aromatic rings. The fourth-order valence-electron chi connectivity index (χ4n) is 1.82. The van der Waals surface area contributed by atoms with Gasteiger partial charge in [-0.05, 0) is 35.3 Å². The summed E-state index contributed by atoms with van der Waals surface area (Å²) in [5, 5.41) is 12.0. The van der Waals surface area contributed by atoms with Gasteiger partial charge in [0, 0.05) is 31.4 Å². The van der Waals surface area contributed by atoms with Crippen molar-refractivity contribution in [1.29, 1.82) is 0 Å². The second-order valence-corrected chi connectivity index (χ2v) is 5.49. The van der Waals surface area contributed by atoms with Crippen LogP contribution in [0.3, 0.4) is 0 Å². The molecule has 1 amide bonds. The molecule has 1 heterocycles. The number of nitrogens with one attached hydrogen (secondary N) is 1. The van der Waals surface area contributed by atoms with Crippen molar-refractivity contribution >= 4 is 21.8 Å². The zero-order chi connectivity index (χ0) is 13.8. The molecule has 0 fully saturated rings. The molecule has 0 saturated heterocycles. The van der Waals surface area contributed by atoms with E-state index in [1.54, 1.807) is 24.8 Å². The van der Waals surface area contributed by atoms with Gasteiger partial charge in [-0.3, -0.25) is 4.79 Å². The lowest BCUT2D eigenvalue weighted by Crippen LogP contribution is -2.50. The van der Waals surface area contributed by atoms with Gasteiger partial charge < -0.3 is 19.7 Å². The molecule has 1 unspecified atom stereocenters. The molecule has 18 heavy (non-hydrogen) atoms. The highest BCUT2D eigenvalue weighted by molar-refractivity contribution is 9.10. The standard InChI is InChI=1S/C12H19BrN2O3/c1-12(4-5-16,8-18-3)14-11(17)10-6-9(13)7-15(10)2/h6-7,16H,4-5,8H2,1-3H3,(H,14,17). The maximum absolute atomic E-state index is 12.2. The van der Waals surface area contributed by atoms with E-state index in [2.05, 4.69) is 21.2 Å². The molecule has 2 N–H and O–H groups in total. The Morgan fingerprint density at radius 1 is 1.67 bits per heavy atom. The molecule has 0 radical (unpaired) electrons. The summed E-state index contributed by atoms with van der Waals surface area (Å²) in [6, 6.07) is 1.75. The van der Waals surface area contributed by atoms with Crippen molar-refractivity contribution in [2.45, 2.75) is 18.9 Å². The first-order chi connectivity index (χ1) is 8.41. The topological polar surface area (TPSA) is 63.5 Å². The molecule has 0 aliphatic heterocycles. The number of halogens is 1. The third kappa shape index (κ3) is 3.83. The predicted molar refractivity (Wildman–Crippen MR) is 72.6 cm³/mol. The van der Waals surface area contributed by atoms with Crippen LogP contribution in [0.15, 0.2) is 16.7 Å². The summed E-state index contributed by atoms with van der Waals surface area (Å²) < 4.78 is 7.68. The average molecular weight is 319 g/mol. The third-order valence-corrected chi connectivity index (χ3v) is 3.18. The predicted octanol–water partition coefficient (Wildman–Crippen LogP) is 1.30. The van der Waals surface area contributed by atoms with Crippen molar-refractivity contribution in [2.75, 3.05) is 20.3 Å².